The number of methoxy groups -OCH3 is 2. The lowest BCUT2D eigenvalue weighted by molar-refractivity contribution is 0.354. The van der Waals surface area contributed by atoms with Crippen molar-refractivity contribution in [1.29, 1.82) is 5.26 Å². The molecule has 0 amide bonds. The minimum atomic E-state index is -0.521. The highest BCUT2D eigenvalue weighted by molar-refractivity contribution is 5.48. The predicted molar refractivity (Wildman–Crippen MR) is 77.8 cm³/mol. The van der Waals surface area contributed by atoms with Crippen molar-refractivity contribution in [3.63, 3.8) is 0 Å². The maximum atomic E-state index is 9.62. The summed E-state index contributed by atoms with van der Waals surface area (Å²) in [6.07, 6.45) is 4.80. The van der Waals surface area contributed by atoms with E-state index < -0.39 is 5.92 Å². The van der Waals surface area contributed by atoms with Crippen LogP contribution in [0.15, 0.2) is 36.9 Å². The Balaban J connectivity index is 2.12. The van der Waals surface area contributed by atoms with Crippen LogP contribution in [0.2, 0.25) is 0 Å². The van der Waals surface area contributed by atoms with Crippen molar-refractivity contribution in [2.75, 3.05) is 14.2 Å². The van der Waals surface area contributed by atoms with Gasteiger partial charge in [-0.25, -0.2) is 0 Å². The summed E-state index contributed by atoms with van der Waals surface area (Å²) in [6.45, 7) is 0. The van der Waals surface area contributed by atoms with E-state index >= 15 is 0 Å². The van der Waals surface area contributed by atoms with Gasteiger partial charge in [-0.05, 0) is 17.7 Å². The third kappa shape index (κ3) is 2.20. The fourth-order valence-corrected chi connectivity index (χ4v) is 2.33. The molecule has 0 bridgehead atoms. The first-order valence-corrected chi connectivity index (χ1v) is 6.53. The number of hydrogen-bond donors (Lipinski definition) is 0. The molecule has 3 rings (SSSR count). The Kier molecular flexibility index (Phi) is 3.58. The van der Waals surface area contributed by atoms with Crippen LogP contribution in [0.25, 0.3) is 5.65 Å². The van der Waals surface area contributed by atoms with Gasteiger partial charge < -0.3 is 9.47 Å². The molecule has 0 N–H and O–H groups in total. The van der Waals surface area contributed by atoms with Gasteiger partial charge in [-0.15, -0.1) is 10.2 Å². The monoisotopic (exact) mass is 295 g/mol. The van der Waals surface area contributed by atoms with E-state index in [1.54, 1.807) is 49.5 Å². The highest BCUT2D eigenvalue weighted by Crippen LogP contribution is 2.32. The van der Waals surface area contributed by atoms with Crippen LogP contribution in [-0.4, -0.2) is 33.8 Å². The van der Waals surface area contributed by atoms with Gasteiger partial charge in [0.25, 0.3) is 0 Å². The van der Waals surface area contributed by atoms with Crippen LogP contribution in [0.3, 0.4) is 0 Å². The highest BCUT2D eigenvalue weighted by atomic mass is 16.5. The number of rotatable bonds is 4. The van der Waals surface area contributed by atoms with E-state index in [-0.39, 0.29) is 0 Å². The molecule has 2 heterocycles. The molecule has 0 aliphatic carbocycles. The number of aromatic nitrogens is 4. The standard InChI is InChI=1S/C15H13N5O2/c1-21-13-4-3-10(5-14(13)22-2)11(6-16)12-7-17-8-15-19-18-9-20(12)15/h3-5,7-9,11H,1-2H3. The number of ether oxygens (including phenoxy) is 2. The Morgan fingerprint density at radius 2 is 2.00 bits per heavy atom. The van der Waals surface area contributed by atoms with Gasteiger partial charge >= 0.3 is 0 Å². The van der Waals surface area contributed by atoms with E-state index in [9.17, 15) is 5.26 Å². The van der Waals surface area contributed by atoms with E-state index in [0.29, 0.717) is 22.8 Å². The predicted octanol–water partition coefficient (Wildman–Crippen LogP) is 1.80. The van der Waals surface area contributed by atoms with Crippen molar-refractivity contribution in [1.82, 2.24) is 19.6 Å². The Labute approximate surface area is 126 Å². The minimum absolute atomic E-state index is 0.521. The van der Waals surface area contributed by atoms with Gasteiger partial charge in [0.15, 0.2) is 17.1 Å². The number of benzene rings is 1. The molecule has 110 valence electrons. The first-order valence-electron chi connectivity index (χ1n) is 6.53. The van der Waals surface area contributed by atoms with Gasteiger partial charge in [0, 0.05) is 6.20 Å². The normalized spacial score (nSPS) is 11.9. The van der Waals surface area contributed by atoms with Gasteiger partial charge in [0.2, 0.25) is 0 Å². The summed E-state index contributed by atoms with van der Waals surface area (Å²) in [7, 11) is 3.13. The van der Waals surface area contributed by atoms with E-state index in [1.165, 1.54) is 0 Å². The molecule has 0 saturated carbocycles. The maximum Gasteiger partial charge on any atom is 0.179 e. The molecule has 1 aromatic carbocycles. The molecule has 0 aliphatic heterocycles. The van der Waals surface area contributed by atoms with E-state index in [0.717, 1.165) is 5.56 Å². The van der Waals surface area contributed by atoms with Crippen molar-refractivity contribution >= 4 is 5.65 Å². The number of nitriles is 1. The van der Waals surface area contributed by atoms with E-state index in [2.05, 4.69) is 21.3 Å². The van der Waals surface area contributed by atoms with Crippen LogP contribution in [0, 0.1) is 11.3 Å². The van der Waals surface area contributed by atoms with Gasteiger partial charge in [-0.1, -0.05) is 6.07 Å². The Morgan fingerprint density at radius 3 is 2.73 bits per heavy atom. The summed E-state index contributed by atoms with van der Waals surface area (Å²) in [4.78, 5) is 4.13. The molecule has 3 aromatic rings. The van der Waals surface area contributed by atoms with Crippen molar-refractivity contribution in [2.24, 2.45) is 0 Å². The molecule has 0 aliphatic rings. The Hall–Kier alpha value is -3.14. The lowest BCUT2D eigenvalue weighted by atomic mass is 9.97. The van der Waals surface area contributed by atoms with Gasteiger partial charge in [0.05, 0.1) is 32.2 Å². The van der Waals surface area contributed by atoms with Gasteiger partial charge in [-0.2, -0.15) is 5.26 Å². The van der Waals surface area contributed by atoms with Gasteiger partial charge in [0.1, 0.15) is 12.2 Å². The van der Waals surface area contributed by atoms with Crippen molar-refractivity contribution < 1.29 is 9.47 Å². The molecule has 2 aromatic heterocycles. The lowest BCUT2D eigenvalue weighted by Gasteiger charge is -2.14. The first kappa shape index (κ1) is 13.8. The minimum Gasteiger partial charge on any atom is -0.493 e. The maximum absolute atomic E-state index is 9.62. The molecule has 22 heavy (non-hydrogen) atoms. The summed E-state index contributed by atoms with van der Waals surface area (Å²) in [5.74, 6) is 0.666. The third-order valence-corrected chi connectivity index (χ3v) is 3.41. The molecule has 0 spiro atoms. The van der Waals surface area contributed by atoms with Crippen LogP contribution in [0.1, 0.15) is 17.2 Å². The molecule has 0 radical (unpaired) electrons. The molecule has 1 atom stereocenters. The quantitative estimate of drug-likeness (QED) is 0.729. The van der Waals surface area contributed by atoms with Crippen LogP contribution in [0.5, 0.6) is 11.5 Å². The van der Waals surface area contributed by atoms with E-state index in [1.807, 2.05) is 6.07 Å². The zero-order valence-corrected chi connectivity index (χ0v) is 12.1. The second kappa shape index (κ2) is 5.69. The first-order chi connectivity index (χ1) is 10.8. The average Bonchev–Trinajstić information content (AvgIpc) is 3.04. The fraction of sp³-hybridized carbons (Fsp3) is 0.200. The second-order valence-corrected chi connectivity index (χ2v) is 4.57. The summed E-state index contributed by atoms with van der Waals surface area (Å²) in [5, 5.41) is 17.4. The van der Waals surface area contributed by atoms with Gasteiger partial charge in [-0.3, -0.25) is 9.38 Å². The summed E-state index contributed by atoms with van der Waals surface area (Å²) in [6, 6.07) is 7.69. The zero-order chi connectivity index (χ0) is 15.5. The van der Waals surface area contributed by atoms with Crippen molar-refractivity contribution in [3.8, 4) is 17.6 Å². The van der Waals surface area contributed by atoms with Crippen LogP contribution in [-0.2, 0) is 0 Å². The fourth-order valence-electron chi connectivity index (χ4n) is 2.33. The Morgan fingerprint density at radius 1 is 1.18 bits per heavy atom. The smallest absolute Gasteiger partial charge is 0.179 e. The molecule has 7 heteroatoms. The molecule has 7 nitrogen and oxygen atoms in total. The largest absolute Gasteiger partial charge is 0.493 e. The summed E-state index contributed by atoms with van der Waals surface area (Å²) >= 11 is 0. The molecular formula is C15H13N5O2. The zero-order valence-electron chi connectivity index (χ0n) is 12.1. The molecule has 0 fully saturated rings. The van der Waals surface area contributed by atoms with Crippen LogP contribution >= 0.6 is 0 Å². The van der Waals surface area contributed by atoms with Crippen LogP contribution < -0.4 is 9.47 Å². The van der Waals surface area contributed by atoms with E-state index in [4.69, 9.17) is 9.47 Å². The number of nitrogens with zero attached hydrogens (tertiary/aromatic N) is 5. The molecule has 0 saturated heterocycles. The summed E-state index contributed by atoms with van der Waals surface area (Å²) < 4.78 is 12.3. The highest BCUT2D eigenvalue weighted by Gasteiger charge is 2.19. The third-order valence-electron chi connectivity index (χ3n) is 3.41. The van der Waals surface area contributed by atoms with Crippen molar-refractivity contribution in [2.45, 2.75) is 5.92 Å². The SMILES string of the molecule is COc1ccc(C(C#N)c2cncc3nncn23)cc1OC. The molecular weight excluding hydrogens is 282 g/mol. The lowest BCUT2D eigenvalue weighted by Crippen LogP contribution is -2.06. The Bertz CT molecular complexity index is 853. The van der Waals surface area contributed by atoms with Crippen LogP contribution in [0.4, 0.5) is 0 Å². The van der Waals surface area contributed by atoms with Crippen molar-refractivity contribution in [3.05, 3.63) is 48.2 Å². The second-order valence-electron chi connectivity index (χ2n) is 4.57. The summed E-state index contributed by atoms with van der Waals surface area (Å²) in [5.41, 5.74) is 2.07. The topological polar surface area (TPSA) is 85.3 Å². The average molecular weight is 295 g/mol. The number of fused-ring (bicyclic) bond motifs is 1. The molecule has 1 unspecified atom stereocenters. The number of hydrogen-bond acceptors (Lipinski definition) is 6.